The molecule has 0 bridgehead atoms. The molecule has 3 aromatic rings. The summed E-state index contributed by atoms with van der Waals surface area (Å²) in [7, 11) is 1.54. The van der Waals surface area contributed by atoms with Gasteiger partial charge < -0.3 is 15.0 Å². The molecular weight excluding hydrogens is 423 g/mol. The topological polar surface area (TPSA) is 87.3 Å². The van der Waals surface area contributed by atoms with Crippen LogP contribution >= 0.6 is 0 Å². The molecule has 8 heteroatoms. The van der Waals surface area contributed by atoms with Gasteiger partial charge in [0.25, 0.3) is 11.8 Å². The highest BCUT2D eigenvalue weighted by atomic mass is 19.1. The van der Waals surface area contributed by atoms with E-state index in [2.05, 4.69) is 15.5 Å². The molecule has 5 rings (SSSR count). The largest absolute Gasteiger partial charge is 0.496 e. The second kappa shape index (κ2) is 8.69. The first-order valence-electron chi connectivity index (χ1n) is 11.1. The molecule has 2 N–H and O–H groups in total. The quantitative estimate of drug-likeness (QED) is 0.599. The van der Waals surface area contributed by atoms with Crippen molar-refractivity contribution in [3.8, 4) is 16.9 Å². The minimum atomic E-state index is -1.13. The van der Waals surface area contributed by atoms with Crippen molar-refractivity contribution in [2.24, 2.45) is 0 Å². The van der Waals surface area contributed by atoms with E-state index in [-0.39, 0.29) is 30.8 Å². The number of likely N-dealkylation sites (tertiary alicyclic amines) is 1. The zero-order valence-electron chi connectivity index (χ0n) is 18.3. The fourth-order valence-corrected chi connectivity index (χ4v) is 4.34. The van der Waals surface area contributed by atoms with Crippen LogP contribution in [-0.4, -0.2) is 52.8 Å². The molecule has 2 amide bonds. The Hall–Kier alpha value is -3.68. The van der Waals surface area contributed by atoms with E-state index in [0.717, 1.165) is 29.5 Å². The molecule has 1 aromatic heterocycles. The number of methoxy groups -OCH3 is 1. The van der Waals surface area contributed by atoms with Gasteiger partial charge in [0.05, 0.1) is 25.9 Å². The van der Waals surface area contributed by atoms with E-state index in [1.54, 1.807) is 60.8 Å². The van der Waals surface area contributed by atoms with Crippen molar-refractivity contribution < 1.29 is 18.7 Å². The van der Waals surface area contributed by atoms with Crippen molar-refractivity contribution in [3.05, 3.63) is 71.5 Å². The number of ether oxygens (including phenoxy) is 1. The number of carbonyl (C=O) groups is 2. The SMILES string of the molecule is COc1cc(C(=O)N2CC(F)CC2c2cccc(C(=O)NC3CC3)c2)ccc1-c1cn[nH]c1. The summed E-state index contributed by atoms with van der Waals surface area (Å²) in [6.45, 7) is 0.00773. The van der Waals surface area contributed by atoms with Crippen molar-refractivity contribution >= 4 is 11.8 Å². The highest BCUT2D eigenvalue weighted by Crippen LogP contribution is 2.37. The average molecular weight is 448 g/mol. The lowest BCUT2D eigenvalue weighted by atomic mass is 10.00. The third kappa shape index (κ3) is 4.33. The monoisotopic (exact) mass is 448 g/mol. The number of rotatable bonds is 6. The zero-order chi connectivity index (χ0) is 22.9. The van der Waals surface area contributed by atoms with Gasteiger partial charge in [-0.2, -0.15) is 5.10 Å². The fraction of sp³-hybridized carbons (Fsp3) is 0.320. The number of hydrogen-bond acceptors (Lipinski definition) is 4. The van der Waals surface area contributed by atoms with Gasteiger partial charge in [0.15, 0.2) is 0 Å². The summed E-state index contributed by atoms with van der Waals surface area (Å²) in [5.41, 5.74) is 3.35. The lowest BCUT2D eigenvalue weighted by Gasteiger charge is -2.25. The summed E-state index contributed by atoms with van der Waals surface area (Å²) >= 11 is 0. The molecule has 2 fully saturated rings. The number of nitrogens with zero attached hydrogens (tertiary/aromatic N) is 2. The Labute approximate surface area is 190 Å². The van der Waals surface area contributed by atoms with Gasteiger partial charge in [-0.05, 0) is 48.7 Å². The molecule has 2 unspecified atom stereocenters. The van der Waals surface area contributed by atoms with Gasteiger partial charge in [-0.1, -0.05) is 12.1 Å². The molecule has 1 aliphatic heterocycles. The summed E-state index contributed by atoms with van der Waals surface area (Å²) < 4.78 is 20.0. The van der Waals surface area contributed by atoms with Crippen molar-refractivity contribution in [1.82, 2.24) is 20.4 Å². The zero-order valence-corrected chi connectivity index (χ0v) is 18.3. The first-order chi connectivity index (χ1) is 16.0. The Morgan fingerprint density at radius 2 is 2.03 bits per heavy atom. The predicted molar refractivity (Wildman–Crippen MR) is 121 cm³/mol. The normalized spacial score (nSPS) is 20.0. The van der Waals surface area contributed by atoms with Gasteiger partial charge in [-0.15, -0.1) is 0 Å². The third-order valence-electron chi connectivity index (χ3n) is 6.21. The van der Waals surface area contributed by atoms with Gasteiger partial charge in [0.2, 0.25) is 0 Å². The first-order valence-corrected chi connectivity index (χ1v) is 11.1. The van der Waals surface area contributed by atoms with E-state index < -0.39 is 12.2 Å². The van der Waals surface area contributed by atoms with Crippen molar-refractivity contribution in [2.75, 3.05) is 13.7 Å². The van der Waals surface area contributed by atoms with Gasteiger partial charge in [-0.3, -0.25) is 14.7 Å². The summed E-state index contributed by atoms with van der Waals surface area (Å²) in [6.07, 6.45) is 4.50. The number of halogens is 1. The van der Waals surface area contributed by atoms with Gasteiger partial charge in [0, 0.05) is 40.9 Å². The number of nitrogens with one attached hydrogen (secondary N) is 2. The molecule has 7 nitrogen and oxygen atoms in total. The summed E-state index contributed by atoms with van der Waals surface area (Å²) in [5, 5.41) is 9.70. The Morgan fingerprint density at radius 1 is 1.18 bits per heavy atom. The number of alkyl halides is 1. The highest BCUT2D eigenvalue weighted by Gasteiger charge is 2.37. The molecular formula is C25H25FN4O3. The van der Waals surface area contributed by atoms with Crippen LogP contribution in [0.5, 0.6) is 5.75 Å². The minimum absolute atomic E-state index is 0.00773. The Morgan fingerprint density at radius 3 is 2.76 bits per heavy atom. The lowest BCUT2D eigenvalue weighted by Crippen LogP contribution is -2.31. The van der Waals surface area contributed by atoms with Crippen LogP contribution < -0.4 is 10.1 Å². The molecule has 1 saturated heterocycles. The number of amides is 2. The standard InChI is InChI=1S/C25H25FN4O3/c1-33-23-10-17(5-8-21(23)18-12-27-28-13-18)25(32)30-14-19(26)11-22(30)15-3-2-4-16(9-15)24(31)29-20-6-7-20/h2-5,8-10,12-13,19-20,22H,6-7,11,14H2,1H3,(H,27,28)(H,29,31). The molecule has 170 valence electrons. The predicted octanol–water partition coefficient (Wildman–Crippen LogP) is 3.90. The van der Waals surface area contributed by atoms with Crippen LogP contribution in [0, 0.1) is 0 Å². The molecule has 1 saturated carbocycles. The molecule has 0 spiro atoms. The number of aromatic nitrogens is 2. The van der Waals surface area contributed by atoms with E-state index in [1.165, 1.54) is 0 Å². The summed E-state index contributed by atoms with van der Waals surface area (Å²) in [4.78, 5) is 27.4. The van der Waals surface area contributed by atoms with Crippen molar-refractivity contribution in [3.63, 3.8) is 0 Å². The molecule has 1 aliphatic carbocycles. The average Bonchev–Trinajstić information content (AvgIpc) is 3.32. The van der Waals surface area contributed by atoms with Crippen LogP contribution in [0.3, 0.4) is 0 Å². The van der Waals surface area contributed by atoms with Crippen molar-refractivity contribution in [2.45, 2.75) is 37.5 Å². The smallest absolute Gasteiger partial charge is 0.254 e. The Kier molecular flexibility index (Phi) is 5.58. The maximum Gasteiger partial charge on any atom is 0.254 e. The van der Waals surface area contributed by atoms with Gasteiger partial charge in [-0.25, -0.2) is 4.39 Å². The molecule has 2 aliphatic rings. The minimum Gasteiger partial charge on any atom is -0.496 e. The van der Waals surface area contributed by atoms with Crippen molar-refractivity contribution in [1.29, 1.82) is 0 Å². The second-order valence-electron chi connectivity index (χ2n) is 8.58. The van der Waals surface area contributed by atoms with E-state index in [0.29, 0.717) is 16.9 Å². The van der Waals surface area contributed by atoms with Crippen LogP contribution in [-0.2, 0) is 0 Å². The van der Waals surface area contributed by atoms with Gasteiger partial charge in [0.1, 0.15) is 11.9 Å². The fourth-order valence-electron chi connectivity index (χ4n) is 4.34. The van der Waals surface area contributed by atoms with Crippen LogP contribution in [0.15, 0.2) is 54.9 Å². The number of hydrogen-bond donors (Lipinski definition) is 2. The molecule has 2 aromatic carbocycles. The molecule has 2 heterocycles. The highest BCUT2D eigenvalue weighted by molar-refractivity contribution is 5.97. The van der Waals surface area contributed by atoms with E-state index in [9.17, 15) is 14.0 Å². The number of carbonyl (C=O) groups excluding carboxylic acids is 2. The molecule has 2 atom stereocenters. The maximum absolute atomic E-state index is 14.5. The number of H-pyrrole nitrogens is 1. The number of benzene rings is 2. The van der Waals surface area contributed by atoms with Crippen LogP contribution in [0.4, 0.5) is 4.39 Å². The summed E-state index contributed by atoms with van der Waals surface area (Å²) in [5.74, 6) is 0.130. The molecule has 0 radical (unpaired) electrons. The maximum atomic E-state index is 14.5. The second-order valence-corrected chi connectivity index (χ2v) is 8.58. The summed E-state index contributed by atoms with van der Waals surface area (Å²) in [6, 6.07) is 12.1. The molecule has 33 heavy (non-hydrogen) atoms. The van der Waals surface area contributed by atoms with E-state index in [1.807, 2.05) is 6.07 Å². The lowest BCUT2D eigenvalue weighted by molar-refractivity contribution is 0.0728. The Bertz CT molecular complexity index is 1180. The van der Waals surface area contributed by atoms with Crippen LogP contribution in [0.1, 0.15) is 51.6 Å². The van der Waals surface area contributed by atoms with E-state index in [4.69, 9.17) is 4.74 Å². The Balaban J connectivity index is 1.41. The first kappa shape index (κ1) is 21.2. The van der Waals surface area contributed by atoms with Crippen LogP contribution in [0.2, 0.25) is 0 Å². The third-order valence-corrected chi connectivity index (χ3v) is 6.21. The van der Waals surface area contributed by atoms with E-state index >= 15 is 0 Å². The number of aromatic amines is 1. The van der Waals surface area contributed by atoms with Crippen LogP contribution in [0.25, 0.3) is 11.1 Å². The van der Waals surface area contributed by atoms with Gasteiger partial charge >= 0.3 is 0 Å².